The number of hydrogen-bond donors (Lipinski definition) is 1. The minimum absolute atomic E-state index is 0. The summed E-state index contributed by atoms with van der Waals surface area (Å²) in [4.78, 5) is 15.0. The molecule has 19 heavy (non-hydrogen) atoms. The van der Waals surface area contributed by atoms with Gasteiger partial charge in [0.05, 0.1) is 5.54 Å². The molecule has 1 heterocycles. The van der Waals surface area contributed by atoms with Crippen molar-refractivity contribution < 1.29 is 4.79 Å². The van der Waals surface area contributed by atoms with Gasteiger partial charge in [-0.05, 0) is 70.3 Å². The van der Waals surface area contributed by atoms with Gasteiger partial charge in [-0.2, -0.15) is 0 Å². The van der Waals surface area contributed by atoms with Gasteiger partial charge >= 0.3 is 0 Å². The lowest BCUT2D eigenvalue weighted by Crippen LogP contribution is -2.58. The molecule has 2 saturated carbocycles. The third kappa shape index (κ3) is 3.85. The molecule has 0 bridgehead atoms. The molecule has 0 aromatic heterocycles. The topological polar surface area (TPSA) is 32.3 Å². The monoisotopic (exact) mass is 286 g/mol. The lowest BCUT2D eigenvalue weighted by Gasteiger charge is -2.38. The van der Waals surface area contributed by atoms with Crippen LogP contribution in [-0.4, -0.2) is 36.0 Å². The number of amides is 1. The first-order chi connectivity index (χ1) is 8.67. The van der Waals surface area contributed by atoms with Crippen molar-refractivity contribution in [3.8, 4) is 0 Å². The second-order valence-electron chi connectivity index (χ2n) is 6.81. The molecule has 1 saturated heterocycles. The molecule has 2 aliphatic carbocycles. The Balaban J connectivity index is 0.00000133. The van der Waals surface area contributed by atoms with E-state index in [1.807, 2.05) is 0 Å². The van der Waals surface area contributed by atoms with Crippen molar-refractivity contribution in [2.75, 3.05) is 19.6 Å². The van der Waals surface area contributed by atoms with Crippen LogP contribution in [0.3, 0.4) is 0 Å². The highest BCUT2D eigenvalue weighted by Gasteiger charge is 2.40. The second-order valence-corrected chi connectivity index (χ2v) is 6.81. The van der Waals surface area contributed by atoms with Gasteiger partial charge in [0, 0.05) is 13.1 Å². The zero-order valence-electron chi connectivity index (χ0n) is 12.0. The summed E-state index contributed by atoms with van der Waals surface area (Å²) in [6.45, 7) is 5.16. The van der Waals surface area contributed by atoms with E-state index in [0.29, 0.717) is 5.91 Å². The van der Waals surface area contributed by atoms with Gasteiger partial charge in [0.25, 0.3) is 0 Å². The average molecular weight is 287 g/mol. The number of carbonyl (C=O) groups is 1. The Morgan fingerprint density at radius 2 is 1.74 bits per heavy atom. The van der Waals surface area contributed by atoms with E-state index in [1.165, 1.54) is 38.5 Å². The minimum atomic E-state index is -0.276. The minimum Gasteiger partial charge on any atom is -0.341 e. The highest BCUT2D eigenvalue weighted by atomic mass is 35.5. The summed E-state index contributed by atoms with van der Waals surface area (Å²) in [7, 11) is 0. The summed E-state index contributed by atoms with van der Waals surface area (Å²) in [5, 5.41) is 3.47. The Hall–Kier alpha value is -0.280. The van der Waals surface area contributed by atoms with Crippen molar-refractivity contribution in [3.05, 3.63) is 0 Å². The summed E-state index contributed by atoms with van der Waals surface area (Å²) in [6.07, 6.45) is 8.75. The molecule has 1 amide bonds. The zero-order chi connectivity index (χ0) is 12.6. The molecule has 4 heteroatoms. The van der Waals surface area contributed by atoms with Crippen LogP contribution in [0, 0.1) is 11.8 Å². The van der Waals surface area contributed by atoms with Gasteiger partial charge in [-0.25, -0.2) is 0 Å². The van der Waals surface area contributed by atoms with Crippen LogP contribution in [-0.2, 0) is 4.79 Å². The lowest BCUT2D eigenvalue weighted by molar-refractivity contribution is -0.139. The molecule has 1 N–H and O–H groups in total. The van der Waals surface area contributed by atoms with E-state index in [0.717, 1.165) is 37.9 Å². The SMILES string of the molecule is CC1(C(=O)N(CC2CC2)CC2CC2)CCCCN1.Cl. The Bertz CT molecular complexity index is 306. The van der Waals surface area contributed by atoms with E-state index in [1.54, 1.807) is 0 Å². The van der Waals surface area contributed by atoms with Crippen molar-refractivity contribution in [1.82, 2.24) is 10.2 Å². The molecule has 3 fully saturated rings. The summed E-state index contributed by atoms with van der Waals surface area (Å²) in [5.41, 5.74) is -0.276. The van der Waals surface area contributed by atoms with Crippen molar-refractivity contribution in [1.29, 1.82) is 0 Å². The maximum atomic E-state index is 12.8. The maximum Gasteiger partial charge on any atom is 0.242 e. The standard InChI is InChI=1S/C15H26N2O.ClH/c1-15(8-2-3-9-16-15)14(18)17(10-12-4-5-12)11-13-6-7-13;/h12-13,16H,2-11H2,1H3;1H. The predicted octanol–water partition coefficient (Wildman–Crippen LogP) is 2.59. The van der Waals surface area contributed by atoms with E-state index < -0.39 is 0 Å². The van der Waals surface area contributed by atoms with Crippen LogP contribution < -0.4 is 5.32 Å². The first kappa shape index (κ1) is 15.1. The summed E-state index contributed by atoms with van der Waals surface area (Å²) >= 11 is 0. The van der Waals surface area contributed by atoms with Gasteiger partial charge < -0.3 is 10.2 Å². The highest BCUT2D eigenvalue weighted by molar-refractivity contribution is 5.86. The van der Waals surface area contributed by atoms with Gasteiger partial charge in [-0.1, -0.05) is 0 Å². The number of halogens is 1. The second kappa shape index (κ2) is 6.01. The summed E-state index contributed by atoms with van der Waals surface area (Å²) in [6, 6.07) is 0. The van der Waals surface area contributed by atoms with Crippen LogP contribution in [0.4, 0.5) is 0 Å². The van der Waals surface area contributed by atoms with E-state index in [9.17, 15) is 4.79 Å². The molecule has 1 aliphatic heterocycles. The van der Waals surface area contributed by atoms with E-state index in [-0.39, 0.29) is 17.9 Å². The fourth-order valence-electron chi connectivity index (χ4n) is 3.05. The Morgan fingerprint density at radius 3 is 2.16 bits per heavy atom. The lowest BCUT2D eigenvalue weighted by atomic mass is 9.89. The van der Waals surface area contributed by atoms with Crippen molar-refractivity contribution in [2.45, 2.75) is 57.4 Å². The van der Waals surface area contributed by atoms with Gasteiger partial charge in [0.15, 0.2) is 0 Å². The van der Waals surface area contributed by atoms with Crippen LogP contribution >= 0.6 is 12.4 Å². The van der Waals surface area contributed by atoms with Crippen LogP contribution in [0.5, 0.6) is 0 Å². The van der Waals surface area contributed by atoms with Crippen LogP contribution in [0.1, 0.15) is 51.9 Å². The molecular formula is C15H27ClN2O. The zero-order valence-corrected chi connectivity index (χ0v) is 12.8. The smallest absolute Gasteiger partial charge is 0.242 e. The quantitative estimate of drug-likeness (QED) is 0.842. The largest absolute Gasteiger partial charge is 0.341 e. The molecular weight excluding hydrogens is 260 g/mol. The van der Waals surface area contributed by atoms with Crippen molar-refractivity contribution in [3.63, 3.8) is 0 Å². The molecule has 3 nitrogen and oxygen atoms in total. The third-order valence-electron chi connectivity index (χ3n) is 4.73. The van der Waals surface area contributed by atoms with Gasteiger partial charge in [-0.15, -0.1) is 12.4 Å². The average Bonchev–Trinajstić information content (AvgIpc) is 3.23. The van der Waals surface area contributed by atoms with Crippen LogP contribution in [0.15, 0.2) is 0 Å². The number of piperidine rings is 1. The van der Waals surface area contributed by atoms with E-state index >= 15 is 0 Å². The van der Waals surface area contributed by atoms with Crippen LogP contribution in [0.2, 0.25) is 0 Å². The molecule has 1 atom stereocenters. The molecule has 1 unspecified atom stereocenters. The van der Waals surface area contributed by atoms with E-state index in [4.69, 9.17) is 0 Å². The molecule has 110 valence electrons. The fourth-order valence-corrected chi connectivity index (χ4v) is 3.05. The molecule has 0 aromatic carbocycles. The molecule has 0 spiro atoms. The van der Waals surface area contributed by atoms with Gasteiger partial charge in [-0.3, -0.25) is 4.79 Å². The van der Waals surface area contributed by atoms with Crippen molar-refractivity contribution >= 4 is 18.3 Å². The number of carbonyl (C=O) groups excluding carboxylic acids is 1. The normalized spacial score (nSPS) is 30.6. The summed E-state index contributed by atoms with van der Waals surface area (Å²) < 4.78 is 0. The highest BCUT2D eigenvalue weighted by Crippen LogP contribution is 2.35. The Morgan fingerprint density at radius 1 is 1.16 bits per heavy atom. The fraction of sp³-hybridized carbons (Fsp3) is 0.933. The van der Waals surface area contributed by atoms with E-state index in [2.05, 4.69) is 17.1 Å². The predicted molar refractivity (Wildman–Crippen MR) is 79.5 cm³/mol. The maximum absolute atomic E-state index is 12.8. The van der Waals surface area contributed by atoms with Gasteiger partial charge in [0.1, 0.15) is 0 Å². The molecule has 0 aromatic rings. The molecule has 0 radical (unpaired) electrons. The number of rotatable bonds is 5. The Labute approximate surface area is 122 Å². The van der Waals surface area contributed by atoms with Crippen LogP contribution in [0.25, 0.3) is 0 Å². The number of nitrogens with one attached hydrogen (secondary N) is 1. The first-order valence-electron chi connectivity index (χ1n) is 7.72. The molecule has 3 rings (SSSR count). The molecule has 3 aliphatic rings. The van der Waals surface area contributed by atoms with Gasteiger partial charge in [0.2, 0.25) is 5.91 Å². The number of nitrogens with zero attached hydrogens (tertiary/aromatic N) is 1. The first-order valence-corrected chi connectivity index (χ1v) is 7.72. The third-order valence-corrected chi connectivity index (χ3v) is 4.73. The summed E-state index contributed by atoms with van der Waals surface area (Å²) in [5.74, 6) is 1.99. The Kier molecular flexibility index (Phi) is 4.78. The number of hydrogen-bond acceptors (Lipinski definition) is 2. The van der Waals surface area contributed by atoms with Crippen molar-refractivity contribution in [2.24, 2.45) is 11.8 Å².